The second-order valence-electron chi connectivity index (χ2n) is 7.29. The van der Waals surface area contributed by atoms with E-state index in [0.29, 0.717) is 19.5 Å². The molecule has 1 N–H and O–H groups in total. The molecule has 3 rings (SSSR count). The minimum Gasteiger partial charge on any atom is -0.312 e. The molecule has 144 valence electrons. The Morgan fingerprint density at radius 1 is 1.00 bits per heavy atom. The van der Waals surface area contributed by atoms with Gasteiger partial charge in [-0.1, -0.05) is 6.42 Å². The summed E-state index contributed by atoms with van der Waals surface area (Å²) in [7, 11) is -3.54. The van der Waals surface area contributed by atoms with Crippen molar-refractivity contribution in [3.05, 3.63) is 24.3 Å². The molecule has 0 spiro atoms. The number of hydrogen-bond donors (Lipinski definition) is 1. The van der Waals surface area contributed by atoms with Crippen molar-refractivity contribution in [3.63, 3.8) is 0 Å². The van der Waals surface area contributed by atoms with Crippen LogP contribution in [-0.4, -0.2) is 51.4 Å². The van der Waals surface area contributed by atoms with E-state index < -0.39 is 10.0 Å². The zero-order chi connectivity index (χ0) is 18.6. The van der Waals surface area contributed by atoms with Gasteiger partial charge in [-0.05, 0) is 70.0 Å². The van der Waals surface area contributed by atoms with Gasteiger partial charge in [0.05, 0.1) is 4.90 Å². The van der Waals surface area contributed by atoms with Gasteiger partial charge in [-0.25, -0.2) is 13.1 Å². The van der Waals surface area contributed by atoms with Crippen molar-refractivity contribution in [2.24, 2.45) is 0 Å². The zero-order valence-corrected chi connectivity index (χ0v) is 16.3. The van der Waals surface area contributed by atoms with Crippen LogP contribution in [-0.2, 0) is 14.8 Å². The lowest BCUT2D eigenvalue weighted by Crippen LogP contribution is -2.44. The minimum absolute atomic E-state index is 0.111. The molecule has 26 heavy (non-hydrogen) atoms. The van der Waals surface area contributed by atoms with Gasteiger partial charge in [0.15, 0.2) is 0 Å². The first kappa shape index (κ1) is 19.3. The van der Waals surface area contributed by atoms with Crippen LogP contribution in [0.3, 0.4) is 0 Å². The maximum absolute atomic E-state index is 12.6. The van der Waals surface area contributed by atoms with Gasteiger partial charge >= 0.3 is 0 Å². The molecular weight excluding hydrogens is 350 g/mol. The Morgan fingerprint density at radius 3 is 2.31 bits per heavy atom. The predicted octanol–water partition coefficient (Wildman–Crippen LogP) is 2.36. The molecule has 0 aromatic heterocycles. The molecule has 2 aliphatic rings. The lowest BCUT2D eigenvalue weighted by atomic mass is 10.1. The summed E-state index contributed by atoms with van der Waals surface area (Å²) in [5.41, 5.74) is 0.773. The smallest absolute Gasteiger partial charge is 0.240 e. The Kier molecular flexibility index (Phi) is 6.32. The number of carbonyl (C=O) groups excluding carboxylic acids is 1. The van der Waals surface area contributed by atoms with E-state index >= 15 is 0 Å². The van der Waals surface area contributed by atoms with Gasteiger partial charge in [0.1, 0.15) is 0 Å². The number of likely N-dealkylation sites (tertiary alicyclic amines) is 1. The molecule has 0 saturated carbocycles. The van der Waals surface area contributed by atoms with E-state index in [4.69, 9.17) is 0 Å². The first-order valence-electron chi connectivity index (χ1n) is 9.61. The molecule has 0 radical (unpaired) electrons. The Balaban J connectivity index is 1.60. The Bertz CT molecular complexity index is 712. The number of nitrogens with one attached hydrogen (secondary N) is 1. The SMILES string of the molecule is CC(CNS(=O)(=O)c1ccc(N2CCCCC2=O)cc1)N1CCCCC1. The van der Waals surface area contributed by atoms with Crippen LogP contribution in [0.2, 0.25) is 0 Å². The predicted molar refractivity (Wildman–Crippen MR) is 103 cm³/mol. The highest BCUT2D eigenvalue weighted by atomic mass is 32.2. The summed E-state index contributed by atoms with van der Waals surface area (Å²) < 4.78 is 27.9. The van der Waals surface area contributed by atoms with Crippen molar-refractivity contribution in [2.45, 2.75) is 56.4 Å². The molecule has 0 bridgehead atoms. The quantitative estimate of drug-likeness (QED) is 0.824. The number of nitrogens with zero attached hydrogens (tertiary/aromatic N) is 2. The summed E-state index contributed by atoms with van der Waals surface area (Å²) in [6.45, 7) is 5.27. The maximum Gasteiger partial charge on any atom is 0.240 e. The molecule has 1 amide bonds. The van der Waals surface area contributed by atoms with Crippen LogP contribution < -0.4 is 9.62 Å². The van der Waals surface area contributed by atoms with E-state index in [1.54, 1.807) is 29.2 Å². The van der Waals surface area contributed by atoms with Crippen molar-refractivity contribution < 1.29 is 13.2 Å². The summed E-state index contributed by atoms with van der Waals surface area (Å²) in [5.74, 6) is 0.111. The molecule has 2 heterocycles. The molecule has 1 aromatic carbocycles. The summed E-state index contributed by atoms with van der Waals surface area (Å²) in [6.07, 6.45) is 6.13. The van der Waals surface area contributed by atoms with Crippen molar-refractivity contribution in [1.29, 1.82) is 0 Å². The van der Waals surface area contributed by atoms with Crippen LogP contribution in [0.15, 0.2) is 29.2 Å². The van der Waals surface area contributed by atoms with E-state index in [1.807, 2.05) is 0 Å². The number of benzene rings is 1. The third-order valence-electron chi connectivity index (χ3n) is 5.36. The normalized spacial score (nSPS) is 21.0. The molecule has 1 atom stereocenters. The maximum atomic E-state index is 12.6. The highest BCUT2D eigenvalue weighted by Gasteiger charge is 2.22. The van der Waals surface area contributed by atoms with E-state index in [-0.39, 0.29) is 16.8 Å². The minimum atomic E-state index is -3.54. The number of amides is 1. The molecule has 2 saturated heterocycles. The fraction of sp³-hybridized carbons (Fsp3) is 0.632. The van der Waals surface area contributed by atoms with Gasteiger partial charge in [-0.2, -0.15) is 0 Å². The van der Waals surface area contributed by atoms with Crippen molar-refractivity contribution in [2.75, 3.05) is 31.1 Å². The average molecular weight is 380 g/mol. The molecule has 2 aliphatic heterocycles. The van der Waals surface area contributed by atoms with Gasteiger partial charge in [-0.3, -0.25) is 9.69 Å². The van der Waals surface area contributed by atoms with Gasteiger partial charge in [0.25, 0.3) is 0 Å². The first-order chi connectivity index (χ1) is 12.5. The van der Waals surface area contributed by atoms with Crippen molar-refractivity contribution in [3.8, 4) is 0 Å². The highest BCUT2D eigenvalue weighted by molar-refractivity contribution is 7.89. The molecule has 0 aliphatic carbocycles. The van der Waals surface area contributed by atoms with Crippen LogP contribution in [0.25, 0.3) is 0 Å². The van der Waals surface area contributed by atoms with Gasteiger partial charge in [-0.15, -0.1) is 0 Å². The van der Waals surface area contributed by atoms with Crippen LogP contribution in [0.5, 0.6) is 0 Å². The van der Waals surface area contributed by atoms with Gasteiger partial charge < -0.3 is 4.90 Å². The number of rotatable bonds is 6. The van der Waals surface area contributed by atoms with Gasteiger partial charge in [0.2, 0.25) is 15.9 Å². The van der Waals surface area contributed by atoms with Gasteiger partial charge in [0, 0.05) is 31.2 Å². The second kappa shape index (κ2) is 8.50. The number of piperidine rings is 2. The van der Waals surface area contributed by atoms with Crippen LogP contribution >= 0.6 is 0 Å². The molecule has 1 unspecified atom stereocenters. The average Bonchev–Trinajstić information content (AvgIpc) is 2.67. The summed E-state index contributed by atoms with van der Waals surface area (Å²) in [4.78, 5) is 16.3. The van der Waals surface area contributed by atoms with E-state index in [9.17, 15) is 13.2 Å². The fourth-order valence-electron chi connectivity index (χ4n) is 3.69. The van der Waals surface area contributed by atoms with E-state index in [0.717, 1.165) is 31.6 Å². The summed E-state index contributed by atoms with van der Waals surface area (Å²) in [5, 5.41) is 0. The first-order valence-corrected chi connectivity index (χ1v) is 11.1. The number of carbonyl (C=O) groups is 1. The standard InChI is InChI=1S/C19H29N3O3S/c1-16(21-12-4-2-5-13-21)15-20-26(24,25)18-10-8-17(9-11-18)22-14-6-3-7-19(22)23/h8-11,16,20H,2-7,12-15H2,1H3. The lowest BCUT2D eigenvalue weighted by Gasteiger charge is -2.32. The zero-order valence-electron chi connectivity index (χ0n) is 15.5. The number of sulfonamides is 1. The van der Waals surface area contributed by atoms with Crippen LogP contribution in [0, 0.1) is 0 Å². The third-order valence-corrected chi connectivity index (χ3v) is 6.80. The Morgan fingerprint density at radius 2 is 1.65 bits per heavy atom. The molecule has 2 fully saturated rings. The number of anilines is 1. The van der Waals surface area contributed by atoms with E-state index in [1.165, 1.54) is 19.3 Å². The third kappa shape index (κ3) is 4.64. The van der Waals surface area contributed by atoms with Crippen LogP contribution in [0.1, 0.15) is 45.4 Å². The monoisotopic (exact) mass is 379 g/mol. The summed E-state index contributed by atoms with van der Waals surface area (Å²) >= 11 is 0. The summed E-state index contributed by atoms with van der Waals surface area (Å²) in [6, 6.07) is 6.82. The lowest BCUT2D eigenvalue weighted by molar-refractivity contribution is -0.119. The van der Waals surface area contributed by atoms with E-state index in [2.05, 4.69) is 16.5 Å². The molecule has 1 aromatic rings. The van der Waals surface area contributed by atoms with Crippen molar-refractivity contribution >= 4 is 21.6 Å². The second-order valence-corrected chi connectivity index (χ2v) is 9.06. The molecule has 7 heteroatoms. The number of hydrogen-bond acceptors (Lipinski definition) is 4. The molecule has 6 nitrogen and oxygen atoms in total. The van der Waals surface area contributed by atoms with Crippen molar-refractivity contribution in [1.82, 2.24) is 9.62 Å². The molecular formula is C19H29N3O3S. The fourth-order valence-corrected chi connectivity index (χ4v) is 4.81. The Hall–Kier alpha value is -1.44. The van der Waals surface area contributed by atoms with Crippen LogP contribution in [0.4, 0.5) is 5.69 Å². The highest BCUT2D eigenvalue weighted by Crippen LogP contribution is 2.22. The Labute approximate surface area is 156 Å². The largest absolute Gasteiger partial charge is 0.312 e. The topological polar surface area (TPSA) is 69.7 Å².